The highest BCUT2D eigenvalue weighted by molar-refractivity contribution is 8.00. The predicted octanol–water partition coefficient (Wildman–Crippen LogP) is 4.47. The molecule has 0 atom stereocenters. The zero-order valence-electron chi connectivity index (χ0n) is 7.85. The van der Waals surface area contributed by atoms with E-state index < -0.39 is 5.51 Å². The molecule has 0 aliphatic rings. The van der Waals surface area contributed by atoms with Crippen LogP contribution in [0.2, 0.25) is 0 Å². The third kappa shape index (κ3) is 5.33. The predicted molar refractivity (Wildman–Crippen MR) is 57.4 cm³/mol. The maximum atomic E-state index is 12.0. The highest BCUT2D eigenvalue weighted by atomic mass is 35.5. The summed E-state index contributed by atoms with van der Waals surface area (Å²) in [5, 5.41) is 0. The molecule has 0 bridgehead atoms. The Hall–Kier alpha value is -0.350. The fraction of sp³-hybridized carbons (Fsp3) is 0.400. The van der Waals surface area contributed by atoms with Crippen molar-refractivity contribution < 1.29 is 13.2 Å². The van der Waals surface area contributed by atoms with Crippen LogP contribution >= 0.6 is 23.4 Å². The minimum Gasteiger partial charge on any atom is -0.160 e. The number of benzene rings is 1. The highest BCUT2D eigenvalue weighted by Crippen LogP contribution is 2.36. The van der Waals surface area contributed by atoms with Crippen molar-refractivity contribution in [1.82, 2.24) is 0 Å². The standard InChI is InChI=1S/C10H10ClF3S/c11-7-1-2-8-3-5-9(6-4-8)15-10(12,13)14/h3-6H,1-2,7H2. The van der Waals surface area contributed by atoms with Gasteiger partial charge in [-0.25, -0.2) is 0 Å². The molecular formula is C10H10ClF3S. The summed E-state index contributed by atoms with van der Waals surface area (Å²) < 4.78 is 36.0. The second-order valence-corrected chi connectivity index (χ2v) is 4.50. The van der Waals surface area contributed by atoms with Gasteiger partial charge in [-0.1, -0.05) is 12.1 Å². The summed E-state index contributed by atoms with van der Waals surface area (Å²) >= 11 is 5.42. The Morgan fingerprint density at radius 3 is 2.20 bits per heavy atom. The number of thioether (sulfide) groups is 1. The fourth-order valence-electron chi connectivity index (χ4n) is 1.13. The Morgan fingerprint density at radius 1 is 1.13 bits per heavy atom. The monoisotopic (exact) mass is 254 g/mol. The van der Waals surface area contributed by atoms with Gasteiger partial charge in [0, 0.05) is 10.8 Å². The van der Waals surface area contributed by atoms with Crippen molar-refractivity contribution in [3.05, 3.63) is 29.8 Å². The third-order valence-corrected chi connectivity index (χ3v) is 2.76. The number of aryl methyl sites for hydroxylation is 1. The molecule has 0 saturated carbocycles. The average molecular weight is 255 g/mol. The van der Waals surface area contributed by atoms with E-state index in [-0.39, 0.29) is 16.7 Å². The van der Waals surface area contributed by atoms with Crippen LogP contribution in [0.3, 0.4) is 0 Å². The molecule has 0 radical (unpaired) electrons. The van der Waals surface area contributed by atoms with Gasteiger partial charge in [0.15, 0.2) is 0 Å². The first kappa shape index (κ1) is 12.7. The molecule has 0 aliphatic heterocycles. The summed E-state index contributed by atoms with van der Waals surface area (Å²) in [4.78, 5) is 0.220. The lowest BCUT2D eigenvalue weighted by Gasteiger charge is -2.06. The second-order valence-electron chi connectivity index (χ2n) is 2.98. The molecule has 0 aromatic heterocycles. The molecule has 1 rings (SSSR count). The number of rotatable bonds is 4. The topological polar surface area (TPSA) is 0 Å². The van der Waals surface area contributed by atoms with Crippen molar-refractivity contribution in [2.75, 3.05) is 5.88 Å². The summed E-state index contributed by atoms with van der Waals surface area (Å²) in [6, 6.07) is 6.39. The van der Waals surface area contributed by atoms with Gasteiger partial charge in [-0.15, -0.1) is 11.6 Å². The smallest absolute Gasteiger partial charge is 0.160 e. The zero-order chi connectivity index (χ0) is 11.3. The maximum Gasteiger partial charge on any atom is 0.446 e. The quantitative estimate of drug-likeness (QED) is 0.564. The maximum absolute atomic E-state index is 12.0. The molecule has 0 aliphatic carbocycles. The molecule has 1 aromatic carbocycles. The molecule has 5 heteroatoms. The number of hydrogen-bond donors (Lipinski definition) is 0. The van der Waals surface area contributed by atoms with Crippen molar-refractivity contribution in [1.29, 1.82) is 0 Å². The lowest BCUT2D eigenvalue weighted by molar-refractivity contribution is -0.0328. The van der Waals surface area contributed by atoms with E-state index in [0.29, 0.717) is 5.88 Å². The Morgan fingerprint density at radius 2 is 1.73 bits per heavy atom. The lowest BCUT2D eigenvalue weighted by Crippen LogP contribution is -1.98. The van der Waals surface area contributed by atoms with E-state index in [2.05, 4.69) is 0 Å². The molecule has 0 nitrogen and oxygen atoms in total. The Bertz CT molecular complexity index is 295. The van der Waals surface area contributed by atoms with Gasteiger partial charge in [0.05, 0.1) is 0 Å². The van der Waals surface area contributed by atoms with Crippen LogP contribution in [0.25, 0.3) is 0 Å². The van der Waals surface area contributed by atoms with Gasteiger partial charge in [-0.05, 0) is 42.3 Å². The molecule has 0 spiro atoms. The Balaban J connectivity index is 2.56. The van der Waals surface area contributed by atoms with Crippen LogP contribution in [0.4, 0.5) is 13.2 Å². The molecule has 0 unspecified atom stereocenters. The largest absolute Gasteiger partial charge is 0.446 e. The Kier molecular flexibility index (Phi) is 4.80. The van der Waals surface area contributed by atoms with E-state index in [1.54, 1.807) is 12.1 Å². The van der Waals surface area contributed by atoms with Gasteiger partial charge < -0.3 is 0 Å². The van der Waals surface area contributed by atoms with Crippen LogP contribution in [0.1, 0.15) is 12.0 Å². The fourth-order valence-corrected chi connectivity index (χ4v) is 1.80. The lowest BCUT2D eigenvalue weighted by atomic mass is 10.1. The molecule has 15 heavy (non-hydrogen) atoms. The van der Waals surface area contributed by atoms with Crippen LogP contribution < -0.4 is 0 Å². The van der Waals surface area contributed by atoms with Crippen molar-refractivity contribution >= 4 is 23.4 Å². The Labute approximate surface area is 95.8 Å². The van der Waals surface area contributed by atoms with Crippen molar-refractivity contribution in [2.24, 2.45) is 0 Å². The first-order chi connectivity index (χ1) is 7.01. The van der Waals surface area contributed by atoms with E-state index >= 15 is 0 Å². The first-order valence-corrected chi connectivity index (χ1v) is 5.77. The summed E-state index contributed by atoms with van der Waals surface area (Å²) in [7, 11) is 0. The van der Waals surface area contributed by atoms with Crippen LogP contribution in [0.5, 0.6) is 0 Å². The minimum atomic E-state index is -4.21. The summed E-state index contributed by atoms with van der Waals surface area (Å²) in [6.07, 6.45) is 1.65. The van der Waals surface area contributed by atoms with Crippen molar-refractivity contribution in [3.63, 3.8) is 0 Å². The van der Waals surface area contributed by atoms with E-state index in [1.165, 1.54) is 12.1 Å². The first-order valence-electron chi connectivity index (χ1n) is 4.42. The van der Waals surface area contributed by atoms with Crippen LogP contribution in [-0.4, -0.2) is 11.4 Å². The van der Waals surface area contributed by atoms with Crippen molar-refractivity contribution in [2.45, 2.75) is 23.2 Å². The van der Waals surface area contributed by atoms with Gasteiger partial charge >= 0.3 is 5.51 Å². The molecule has 0 saturated heterocycles. The molecular weight excluding hydrogens is 245 g/mol. The average Bonchev–Trinajstić information content (AvgIpc) is 2.14. The molecule has 0 N–H and O–H groups in total. The number of halogens is 4. The van der Waals surface area contributed by atoms with Crippen molar-refractivity contribution in [3.8, 4) is 0 Å². The highest BCUT2D eigenvalue weighted by Gasteiger charge is 2.28. The molecule has 0 amide bonds. The van der Waals surface area contributed by atoms with E-state index in [1.807, 2.05) is 0 Å². The third-order valence-electron chi connectivity index (χ3n) is 1.76. The van der Waals surface area contributed by atoms with E-state index in [0.717, 1.165) is 18.4 Å². The van der Waals surface area contributed by atoms with Gasteiger partial charge in [0.25, 0.3) is 0 Å². The van der Waals surface area contributed by atoms with Crippen LogP contribution in [0, 0.1) is 0 Å². The summed E-state index contributed by atoms with van der Waals surface area (Å²) in [5.74, 6) is 0.569. The molecule has 1 aromatic rings. The van der Waals surface area contributed by atoms with Gasteiger partial charge in [-0.3, -0.25) is 0 Å². The van der Waals surface area contributed by atoms with E-state index in [4.69, 9.17) is 11.6 Å². The molecule has 0 fully saturated rings. The molecule has 84 valence electrons. The summed E-state index contributed by atoms with van der Waals surface area (Å²) in [6.45, 7) is 0. The minimum absolute atomic E-state index is 0.0928. The number of alkyl halides is 4. The van der Waals surface area contributed by atoms with Crippen LogP contribution in [0.15, 0.2) is 29.2 Å². The van der Waals surface area contributed by atoms with E-state index in [9.17, 15) is 13.2 Å². The second kappa shape index (κ2) is 5.66. The van der Waals surface area contributed by atoms with Gasteiger partial charge in [0.1, 0.15) is 0 Å². The zero-order valence-corrected chi connectivity index (χ0v) is 9.42. The van der Waals surface area contributed by atoms with Gasteiger partial charge in [-0.2, -0.15) is 13.2 Å². The number of hydrogen-bond acceptors (Lipinski definition) is 1. The van der Waals surface area contributed by atoms with Gasteiger partial charge in [0.2, 0.25) is 0 Å². The van der Waals surface area contributed by atoms with Crippen LogP contribution in [-0.2, 0) is 6.42 Å². The summed E-state index contributed by atoms with van der Waals surface area (Å²) in [5.41, 5.74) is -3.19. The normalized spacial score (nSPS) is 11.7. The molecule has 0 heterocycles. The SMILES string of the molecule is FC(F)(F)Sc1ccc(CCCCl)cc1.